The predicted molar refractivity (Wildman–Crippen MR) is 42.0 cm³/mol. The number of aromatic nitrogens is 3. The summed E-state index contributed by atoms with van der Waals surface area (Å²) in [7, 11) is 1.43. The van der Waals surface area contributed by atoms with E-state index < -0.39 is 0 Å². The molecule has 66 valence electrons. The van der Waals surface area contributed by atoms with E-state index in [0.717, 1.165) is 0 Å². The number of nitrogens with two attached hydrogens (primary N) is 2. The van der Waals surface area contributed by atoms with Gasteiger partial charge in [-0.2, -0.15) is 15.0 Å². The van der Waals surface area contributed by atoms with Crippen molar-refractivity contribution in [1.29, 1.82) is 0 Å². The topological polar surface area (TPSA) is 124 Å². The predicted octanol–water partition coefficient (Wildman–Crippen LogP) is -1.55. The molecule has 0 spiro atoms. The Morgan fingerprint density at radius 3 is 1.92 bits per heavy atom. The summed E-state index contributed by atoms with van der Waals surface area (Å²) < 4.78 is 4.75. The van der Waals surface area contributed by atoms with E-state index in [1.54, 1.807) is 0 Å². The van der Waals surface area contributed by atoms with E-state index >= 15 is 0 Å². The van der Waals surface area contributed by atoms with Crippen LogP contribution in [0.1, 0.15) is 0 Å². The second-order valence-electron chi connectivity index (χ2n) is 1.76. The quantitative estimate of drug-likeness (QED) is 0.318. The SMILES string of the molecule is COc1nc(NN)nc(NN)n1. The van der Waals surface area contributed by atoms with Crippen molar-refractivity contribution in [2.75, 3.05) is 18.0 Å². The number of nitrogens with zero attached hydrogens (tertiary/aromatic N) is 3. The maximum Gasteiger partial charge on any atom is 0.322 e. The highest BCUT2D eigenvalue weighted by Crippen LogP contribution is 2.07. The van der Waals surface area contributed by atoms with Crippen molar-refractivity contribution < 1.29 is 4.74 Å². The molecule has 8 heteroatoms. The van der Waals surface area contributed by atoms with Crippen molar-refractivity contribution in [2.24, 2.45) is 11.7 Å². The van der Waals surface area contributed by atoms with E-state index in [1.165, 1.54) is 7.11 Å². The molecule has 0 fully saturated rings. The number of hydrazine groups is 2. The normalized spacial score (nSPS) is 9.25. The van der Waals surface area contributed by atoms with Crippen LogP contribution in [-0.2, 0) is 0 Å². The van der Waals surface area contributed by atoms with Crippen molar-refractivity contribution in [1.82, 2.24) is 15.0 Å². The summed E-state index contributed by atoms with van der Waals surface area (Å²) in [6.45, 7) is 0. The van der Waals surface area contributed by atoms with Gasteiger partial charge in [-0.25, -0.2) is 11.7 Å². The number of hydrogen-bond donors (Lipinski definition) is 4. The standard InChI is InChI=1S/C4H9N7O/c1-12-4-8-2(10-5)7-3(9-4)11-6/h5-6H2,1H3,(H2,7,8,9,10,11). The van der Waals surface area contributed by atoms with Crippen LogP contribution in [0.5, 0.6) is 6.01 Å². The Balaban J connectivity index is 3.01. The molecular weight excluding hydrogens is 162 g/mol. The number of rotatable bonds is 3. The summed E-state index contributed by atoms with van der Waals surface area (Å²) in [6, 6.07) is 0.130. The van der Waals surface area contributed by atoms with Gasteiger partial charge in [0.15, 0.2) is 0 Å². The molecule has 1 aromatic heterocycles. The summed E-state index contributed by atoms with van der Waals surface area (Å²) in [5, 5.41) is 0. The van der Waals surface area contributed by atoms with Crippen molar-refractivity contribution in [3.8, 4) is 6.01 Å². The smallest absolute Gasteiger partial charge is 0.322 e. The molecule has 0 bridgehead atoms. The first-order valence-corrected chi connectivity index (χ1v) is 3.03. The molecule has 0 saturated heterocycles. The number of hydrogen-bond acceptors (Lipinski definition) is 8. The molecule has 0 aromatic carbocycles. The van der Waals surface area contributed by atoms with Gasteiger partial charge in [0.2, 0.25) is 11.9 Å². The van der Waals surface area contributed by atoms with E-state index in [9.17, 15) is 0 Å². The zero-order chi connectivity index (χ0) is 8.97. The lowest BCUT2D eigenvalue weighted by Crippen LogP contribution is -2.16. The zero-order valence-corrected chi connectivity index (χ0v) is 6.40. The highest BCUT2D eigenvalue weighted by molar-refractivity contribution is 5.33. The third-order valence-corrected chi connectivity index (χ3v) is 1.06. The fraction of sp³-hybridized carbons (Fsp3) is 0.250. The van der Waals surface area contributed by atoms with Gasteiger partial charge in [0, 0.05) is 0 Å². The van der Waals surface area contributed by atoms with Crippen LogP contribution < -0.4 is 27.3 Å². The van der Waals surface area contributed by atoms with Crippen LogP contribution in [0.15, 0.2) is 0 Å². The summed E-state index contributed by atoms with van der Waals surface area (Å²) in [6.07, 6.45) is 0. The van der Waals surface area contributed by atoms with Crippen LogP contribution >= 0.6 is 0 Å². The Bertz CT molecular complexity index is 208. The second-order valence-corrected chi connectivity index (χ2v) is 1.76. The monoisotopic (exact) mass is 171 g/mol. The van der Waals surface area contributed by atoms with Crippen molar-refractivity contribution >= 4 is 11.9 Å². The van der Waals surface area contributed by atoms with Gasteiger partial charge in [0.05, 0.1) is 7.11 Å². The molecule has 0 radical (unpaired) electrons. The Morgan fingerprint density at radius 1 is 1.08 bits per heavy atom. The lowest BCUT2D eigenvalue weighted by Gasteiger charge is -2.03. The lowest BCUT2D eigenvalue weighted by atomic mass is 10.9. The van der Waals surface area contributed by atoms with Gasteiger partial charge >= 0.3 is 6.01 Å². The Morgan fingerprint density at radius 2 is 1.58 bits per heavy atom. The number of anilines is 2. The summed E-state index contributed by atoms with van der Waals surface area (Å²) in [5.74, 6) is 10.5. The summed E-state index contributed by atoms with van der Waals surface area (Å²) in [4.78, 5) is 11.2. The Hall–Kier alpha value is -1.67. The zero-order valence-electron chi connectivity index (χ0n) is 6.40. The highest BCUT2D eigenvalue weighted by atomic mass is 16.5. The largest absolute Gasteiger partial charge is 0.467 e. The summed E-state index contributed by atoms with van der Waals surface area (Å²) in [5.41, 5.74) is 4.48. The number of nitrogen functional groups attached to an aromatic ring is 2. The van der Waals surface area contributed by atoms with Gasteiger partial charge in [0.1, 0.15) is 0 Å². The molecule has 1 rings (SSSR count). The highest BCUT2D eigenvalue weighted by Gasteiger charge is 2.03. The van der Waals surface area contributed by atoms with Gasteiger partial charge in [-0.05, 0) is 0 Å². The van der Waals surface area contributed by atoms with Crippen LogP contribution in [0.3, 0.4) is 0 Å². The van der Waals surface area contributed by atoms with E-state index in [1.807, 2.05) is 0 Å². The van der Waals surface area contributed by atoms with Crippen molar-refractivity contribution in [3.63, 3.8) is 0 Å². The minimum atomic E-state index is 0.130. The van der Waals surface area contributed by atoms with Crippen molar-refractivity contribution in [3.05, 3.63) is 0 Å². The first-order valence-electron chi connectivity index (χ1n) is 3.03. The Labute approximate surface area is 68.3 Å². The minimum Gasteiger partial charge on any atom is -0.467 e. The molecular formula is C4H9N7O. The molecule has 12 heavy (non-hydrogen) atoms. The first kappa shape index (κ1) is 8.43. The molecule has 0 unspecified atom stereocenters. The molecule has 0 saturated carbocycles. The average Bonchev–Trinajstić information content (AvgIpc) is 2.16. The van der Waals surface area contributed by atoms with E-state index in [0.29, 0.717) is 0 Å². The maximum atomic E-state index is 5.07. The number of methoxy groups -OCH3 is 1. The molecule has 6 N–H and O–H groups in total. The van der Waals surface area contributed by atoms with Crippen LogP contribution in [0.4, 0.5) is 11.9 Å². The molecule has 0 atom stereocenters. The third kappa shape index (κ3) is 1.68. The van der Waals surface area contributed by atoms with Crippen LogP contribution in [0.2, 0.25) is 0 Å². The fourth-order valence-corrected chi connectivity index (χ4v) is 0.577. The van der Waals surface area contributed by atoms with Crippen LogP contribution in [0, 0.1) is 0 Å². The minimum absolute atomic E-state index is 0.130. The fourth-order valence-electron chi connectivity index (χ4n) is 0.577. The maximum absolute atomic E-state index is 5.07. The van der Waals surface area contributed by atoms with Gasteiger partial charge in [-0.3, -0.25) is 10.9 Å². The molecule has 0 amide bonds. The molecule has 8 nitrogen and oxygen atoms in total. The summed E-state index contributed by atoms with van der Waals surface area (Å²) >= 11 is 0. The van der Waals surface area contributed by atoms with Crippen LogP contribution in [0.25, 0.3) is 0 Å². The van der Waals surface area contributed by atoms with Gasteiger partial charge in [-0.1, -0.05) is 0 Å². The average molecular weight is 171 g/mol. The van der Waals surface area contributed by atoms with E-state index in [2.05, 4.69) is 25.8 Å². The van der Waals surface area contributed by atoms with E-state index in [4.69, 9.17) is 16.4 Å². The number of nitrogens with one attached hydrogen (secondary N) is 2. The van der Waals surface area contributed by atoms with Gasteiger partial charge in [-0.15, -0.1) is 0 Å². The molecule has 0 aliphatic carbocycles. The molecule has 0 aliphatic rings. The van der Waals surface area contributed by atoms with E-state index in [-0.39, 0.29) is 17.9 Å². The van der Waals surface area contributed by atoms with Crippen molar-refractivity contribution in [2.45, 2.75) is 0 Å². The number of ether oxygens (including phenoxy) is 1. The third-order valence-electron chi connectivity index (χ3n) is 1.06. The molecule has 1 heterocycles. The lowest BCUT2D eigenvalue weighted by molar-refractivity contribution is 0.379. The van der Waals surface area contributed by atoms with Crippen LogP contribution in [-0.4, -0.2) is 22.1 Å². The van der Waals surface area contributed by atoms with Gasteiger partial charge < -0.3 is 4.74 Å². The molecule has 0 aliphatic heterocycles. The van der Waals surface area contributed by atoms with Gasteiger partial charge in [0.25, 0.3) is 0 Å². The molecule has 1 aromatic rings. The Kier molecular flexibility index (Phi) is 2.56. The second kappa shape index (κ2) is 3.64. The first-order chi connectivity index (χ1) is 5.80.